The van der Waals surface area contributed by atoms with Crippen molar-refractivity contribution in [2.75, 3.05) is 19.0 Å². The first-order valence-corrected chi connectivity index (χ1v) is 11.0. The molecule has 0 fully saturated rings. The van der Waals surface area contributed by atoms with Crippen LogP contribution in [0, 0.1) is 0 Å². The van der Waals surface area contributed by atoms with E-state index in [4.69, 9.17) is 37.4 Å². The maximum Gasteiger partial charge on any atom is 0.338 e. The molecule has 2 heterocycles. The lowest BCUT2D eigenvalue weighted by molar-refractivity contribution is -0.138. The van der Waals surface area contributed by atoms with Gasteiger partial charge < -0.3 is 19.5 Å². The number of benzene rings is 2. The fourth-order valence-electron chi connectivity index (χ4n) is 3.56. The zero-order chi connectivity index (χ0) is 24.2. The van der Waals surface area contributed by atoms with Crippen LogP contribution in [0.3, 0.4) is 0 Å². The number of rotatable bonds is 8. The molecule has 0 saturated carbocycles. The van der Waals surface area contributed by atoms with Crippen LogP contribution in [-0.4, -0.2) is 39.9 Å². The number of nitrogens with one attached hydrogen (secondary N) is 1. The second-order valence-electron chi connectivity index (χ2n) is 7.34. The van der Waals surface area contributed by atoms with Crippen LogP contribution in [0.5, 0.6) is 11.5 Å². The van der Waals surface area contributed by atoms with Crippen molar-refractivity contribution in [3.05, 3.63) is 81.5 Å². The minimum Gasteiger partial charge on any atom is -0.493 e. The van der Waals surface area contributed by atoms with Crippen LogP contribution in [-0.2, 0) is 16.1 Å². The van der Waals surface area contributed by atoms with Crippen LogP contribution in [0.25, 0.3) is 0 Å². The molecule has 2 aromatic carbocycles. The van der Waals surface area contributed by atoms with Crippen molar-refractivity contribution < 1.29 is 19.0 Å². The average Bonchev–Trinajstić information content (AvgIpc) is 3.29. The summed E-state index contributed by atoms with van der Waals surface area (Å²) in [5.41, 5.74) is 2.43. The predicted octanol–water partition coefficient (Wildman–Crippen LogP) is 4.59. The number of carbonyl (C=O) groups excluding carboxylic acids is 1. The quantitative estimate of drug-likeness (QED) is 0.353. The largest absolute Gasteiger partial charge is 0.493 e. The van der Waals surface area contributed by atoms with Crippen molar-refractivity contribution in [2.24, 2.45) is 0 Å². The number of halogens is 2. The van der Waals surface area contributed by atoms with E-state index in [1.165, 1.54) is 17.9 Å². The van der Waals surface area contributed by atoms with Gasteiger partial charge in [0.1, 0.15) is 19.3 Å². The Hall–Kier alpha value is -3.56. The van der Waals surface area contributed by atoms with E-state index in [9.17, 15) is 4.79 Å². The lowest BCUT2D eigenvalue weighted by atomic mass is 9.95. The number of hydrogen-bond acceptors (Lipinski definition) is 8. The zero-order valence-corrected chi connectivity index (χ0v) is 19.9. The molecular weight excluding hydrogens is 481 g/mol. The van der Waals surface area contributed by atoms with Crippen LogP contribution in [0.1, 0.15) is 24.1 Å². The number of aromatic nitrogens is 4. The van der Waals surface area contributed by atoms with Crippen LogP contribution in [0.2, 0.25) is 10.0 Å². The van der Waals surface area contributed by atoms with E-state index >= 15 is 0 Å². The number of esters is 1. The Bertz CT molecular complexity index is 1270. The highest BCUT2D eigenvalue weighted by Gasteiger charge is 2.35. The number of methoxy groups -OCH3 is 1. The molecule has 1 aliphatic rings. The molecule has 0 spiro atoms. The molecule has 0 radical (unpaired) electrons. The number of ether oxygens (including phenoxy) is 3. The molecule has 3 aromatic rings. The highest BCUT2D eigenvalue weighted by atomic mass is 35.5. The molecule has 1 aromatic heterocycles. The highest BCUT2D eigenvalue weighted by molar-refractivity contribution is 6.35. The number of nitrogens with zero attached hydrogens (tertiary/aromatic N) is 4. The van der Waals surface area contributed by atoms with E-state index in [1.54, 1.807) is 37.3 Å². The van der Waals surface area contributed by atoms with Gasteiger partial charge in [-0.15, -0.1) is 0 Å². The van der Waals surface area contributed by atoms with E-state index in [-0.39, 0.29) is 13.2 Å². The van der Waals surface area contributed by atoms with Gasteiger partial charge in [0, 0.05) is 21.3 Å². The van der Waals surface area contributed by atoms with E-state index in [0.29, 0.717) is 44.3 Å². The fourth-order valence-corrected chi connectivity index (χ4v) is 4.03. The Labute approximate surface area is 205 Å². The van der Waals surface area contributed by atoms with Crippen molar-refractivity contribution >= 4 is 35.1 Å². The maximum absolute atomic E-state index is 12.9. The minimum absolute atomic E-state index is 0.0775. The zero-order valence-electron chi connectivity index (χ0n) is 18.4. The number of fused-ring (bicyclic) bond motifs is 1. The average molecular weight is 502 g/mol. The van der Waals surface area contributed by atoms with E-state index in [1.807, 2.05) is 6.07 Å². The van der Waals surface area contributed by atoms with E-state index in [0.717, 1.165) is 5.56 Å². The van der Waals surface area contributed by atoms with Gasteiger partial charge in [-0.1, -0.05) is 53.1 Å². The molecule has 1 unspecified atom stereocenters. The van der Waals surface area contributed by atoms with Crippen LogP contribution >= 0.6 is 23.2 Å². The molecule has 176 valence electrons. The first kappa shape index (κ1) is 23.6. The molecule has 0 aliphatic carbocycles. The van der Waals surface area contributed by atoms with Crippen molar-refractivity contribution in [1.29, 1.82) is 0 Å². The van der Waals surface area contributed by atoms with Crippen LogP contribution in [0.15, 0.2) is 60.3 Å². The monoisotopic (exact) mass is 501 g/mol. The summed E-state index contributed by atoms with van der Waals surface area (Å²) in [6, 6.07) is 9.91. The van der Waals surface area contributed by atoms with Gasteiger partial charge in [-0.05, 0) is 47.2 Å². The van der Waals surface area contributed by atoms with Crippen molar-refractivity contribution in [3.8, 4) is 11.5 Å². The topological polar surface area (TPSA) is 100 Å². The Morgan fingerprint density at radius 3 is 2.79 bits per heavy atom. The van der Waals surface area contributed by atoms with Gasteiger partial charge in [0.2, 0.25) is 5.95 Å². The number of tetrazole rings is 1. The third kappa shape index (κ3) is 4.71. The van der Waals surface area contributed by atoms with Crippen molar-refractivity contribution in [3.63, 3.8) is 0 Å². The van der Waals surface area contributed by atoms with Crippen LogP contribution in [0.4, 0.5) is 5.95 Å². The maximum atomic E-state index is 12.9. The van der Waals surface area contributed by atoms with E-state index in [2.05, 4.69) is 27.4 Å². The molecule has 9 nitrogen and oxygen atoms in total. The summed E-state index contributed by atoms with van der Waals surface area (Å²) >= 11 is 12.2. The molecule has 0 saturated heterocycles. The Morgan fingerprint density at radius 1 is 1.24 bits per heavy atom. The van der Waals surface area contributed by atoms with Gasteiger partial charge in [0.25, 0.3) is 0 Å². The SMILES string of the molecule is C=CCOC(=O)C1=C(C)Nc2nnnn2C1c1ccc(OCc2ccc(Cl)cc2Cl)c(OC)c1. The number of anilines is 1. The van der Waals surface area contributed by atoms with Gasteiger partial charge in [-0.3, -0.25) is 0 Å². The van der Waals surface area contributed by atoms with E-state index < -0.39 is 12.0 Å². The van der Waals surface area contributed by atoms with Gasteiger partial charge in [-0.2, -0.15) is 4.68 Å². The lowest BCUT2D eigenvalue weighted by Gasteiger charge is -2.27. The van der Waals surface area contributed by atoms with Gasteiger partial charge in [0.15, 0.2) is 11.5 Å². The molecular formula is C23H21Cl2N5O4. The lowest BCUT2D eigenvalue weighted by Crippen LogP contribution is -2.29. The Kier molecular flexibility index (Phi) is 7.04. The fraction of sp³-hybridized carbons (Fsp3) is 0.217. The molecule has 1 atom stereocenters. The van der Waals surface area contributed by atoms with Crippen LogP contribution < -0.4 is 14.8 Å². The molecule has 1 aliphatic heterocycles. The summed E-state index contributed by atoms with van der Waals surface area (Å²) in [6.45, 7) is 5.65. The molecule has 11 heteroatoms. The second kappa shape index (κ2) is 10.1. The Morgan fingerprint density at radius 2 is 2.06 bits per heavy atom. The minimum atomic E-state index is -0.641. The number of hydrogen-bond donors (Lipinski definition) is 1. The summed E-state index contributed by atoms with van der Waals surface area (Å²) < 4.78 is 18.4. The molecule has 0 bridgehead atoms. The van der Waals surface area contributed by atoms with Gasteiger partial charge in [0.05, 0.1) is 12.7 Å². The number of allylic oxidation sites excluding steroid dienone is 1. The van der Waals surface area contributed by atoms with Gasteiger partial charge in [-0.25, -0.2) is 4.79 Å². The third-order valence-corrected chi connectivity index (χ3v) is 5.75. The predicted molar refractivity (Wildman–Crippen MR) is 127 cm³/mol. The number of carbonyl (C=O) groups is 1. The molecule has 1 N–H and O–H groups in total. The third-order valence-electron chi connectivity index (χ3n) is 5.17. The first-order valence-electron chi connectivity index (χ1n) is 10.2. The standard InChI is InChI=1S/C23H21Cl2N5O4/c1-4-9-33-22(31)20-13(2)26-23-27-28-29-30(23)21(20)14-6-8-18(19(10-14)32-3)34-12-15-5-7-16(24)11-17(15)25/h4-8,10-11,21H,1,9,12H2,2-3H3,(H,26,27,29). The first-order chi connectivity index (χ1) is 16.4. The summed E-state index contributed by atoms with van der Waals surface area (Å²) in [7, 11) is 1.53. The normalized spacial score (nSPS) is 14.8. The van der Waals surface area contributed by atoms with Crippen molar-refractivity contribution in [1.82, 2.24) is 20.2 Å². The summed E-state index contributed by atoms with van der Waals surface area (Å²) in [5, 5.41) is 15.9. The summed E-state index contributed by atoms with van der Waals surface area (Å²) in [6.07, 6.45) is 1.50. The smallest absolute Gasteiger partial charge is 0.338 e. The van der Waals surface area contributed by atoms with Crippen molar-refractivity contribution in [2.45, 2.75) is 19.6 Å². The second-order valence-corrected chi connectivity index (χ2v) is 8.18. The molecule has 34 heavy (non-hydrogen) atoms. The highest BCUT2D eigenvalue weighted by Crippen LogP contribution is 2.39. The molecule has 0 amide bonds. The molecule has 4 rings (SSSR count). The van der Waals surface area contributed by atoms with Gasteiger partial charge >= 0.3 is 5.97 Å². The summed E-state index contributed by atoms with van der Waals surface area (Å²) in [4.78, 5) is 12.9. The summed E-state index contributed by atoms with van der Waals surface area (Å²) in [5.74, 6) is 0.860. The Balaban J connectivity index is 1.67.